The highest BCUT2D eigenvalue weighted by atomic mass is 16.5. The molecule has 0 amide bonds. The zero-order valence-electron chi connectivity index (χ0n) is 7.81. The molecule has 0 aliphatic carbocycles. The molecule has 0 aliphatic heterocycles. The predicted molar refractivity (Wildman–Crippen MR) is 48.7 cm³/mol. The van der Waals surface area contributed by atoms with Crippen molar-refractivity contribution >= 4 is 5.97 Å². The number of rotatable bonds is 3. The van der Waals surface area contributed by atoms with Crippen LogP contribution in [0.5, 0.6) is 0 Å². The SMILES string of the molecule is C=C(C)C=C=C(CC)C(=O)OC. The normalized spacial score (nSPS) is 8.25. The minimum Gasteiger partial charge on any atom is -0.465 e. The summed E-state index contributed by atoms with van der Waals surface area (Å²) in [4.78, 5) is 11.0. The van der Waals surface area contributed by atoms with Gasteiger partial charge in [0.15, 0.2) is 0 Å². The molecule has 2 nitrogen and oxygen atoms in total. The number of methoxy groups -OCH3 is 1. The molecule has 0 rings (SSSR count). The molecule has 12 heavy (non-hydrogen) atoms. The summed E-state index contributed by atoms with van der Waals surface area (Å²) in [5, 5.41) is 0. The van der Waals surface area contributed by atoms with Crippen molar-refractivity contribution in [1.82, 2.24) is 0 Å². The van der Waals surface area contributed by atoms with E-state index in [1.807, 2.05) is 13.8 Å². The minimum absolute atomic E-state index is 0.324. The van der Waals surface area contributed by atoms with E-state index in [0.717, 1.165) is 5.57 Å². The molecular formula is C10H14O2. The lowest BCUT2D eigenvalue weighted by atomic mass is 10.2. The molecule has 0 radical (unpaired) electrons. The fourth-order valence-corrected chi connectivity index (χ4v) is 0.639. The van der Waals surface area contributed by atoms with Gasteiger partial charge in [0.1, 0.15) is 0 Å². The molecule has 0 N–H and O–H groups in total. The first-order valence-corrected chi connectivity index (χ1v) is 3.81. The van der Waals surface area contributed by atoms with Crippen LogP contribution in [0, 0.1) is 0 Å². The summed E-state index contributed by atoms with van der Waals surface area (Å²) >= 11 is 0. The number of carbonyl (C=O) groups excluding carboxylic acids is 1. The number of hydrogen-bond donors (Lipinski definition) is 0. The van der Waals surface area contributed by atoms with Gasteiger partial charge in [-0.25, -0.2) is 4.79 Å². The van der Waals surface area contributed by atoms with Gasteiger partial charge in [0, 0.05) is 0 Å². The van der Waals surface area contributed by atoms with Crippen molar-refractivity contribution in [3.8, 4) is 0 Å². The summed E-state index contributed by atoms with van der Waals surface area (Å²) in [7, 11) is 1.36. The summed E-state index contributed by atoms with van der Waals surface area (Å²) in [6.07, 6.45) is 2.30. The first kappa shape index (κ1) is 10.7. The molecule has 0 atom stereocenters. The van der Waals surface area contributed by atoms with Crippen LogP contribution >= 0.6 is 0 Å². The van der Waals surface area contributed by atoms with Gasteiger partial charge in [-0.1, -0.05) is 19.1 Å². The van der Waals surface area contributed by atoms with Crippen molar-refractivity contribution in [3.63, 3.8) is 0 Å². The molecule has 0 aromatic carbocycles. The first-order valence-electron chi connectivity index (χ1n) is 3.81. The van der Waals surface area contributed by atoms with Crippen molar-refractivity contribution in [2.24, 2.45) is 0 Å². The molecule has 0 heterocycles. The van der Waals surface area contributed by atoms with Gasteiger partial charge < -0.3 is 4.74 Å². The van der Waals surface area contributed by atoms with Crippen molar-refractivity contribution in [2.75, 3.05) is 7.11 Å². The Labute approximate surface area is 73.2 Å². The molecule has 0 aromatic heterocycles. The summed E-state index contributed by atoms with van der Waals surface area (Å²) < 4.78 is 4.55. The van der Waals surface area contributed by atoms with E-state index in [9.17, 15) is 4.79 Å². The Bertz CT molecular complexity index is 243. The van der Waals surface area contributed by atoms with Crippen LogP contribution in [-0.2, 0) is 9.53 Å². The zero-order chi connectivity index (χ0) is 9.56. The standard InChI is InChI=1S/C10H14O2/c1-5-9(10(11)12-4)7-6-8(2)3/h6H,2,5H2,1,3-4H3. The van der Waals surface area contributed by atoms with Crippen LogP contribution < -0.4 is 0 Å². The third kappa shape index (κ3) is 3.79. The quantitative estimate of drug-likeness (QED) is 0.278. The van der Waals surface area contributed by atoms with Crippen LogP contribution in [0.4, 0.5) is 0 Å². The predicted octanol–water partition coefficient (Wildman–Crippen LogP) is 2.23. The van der Waals surface area contributed by atoms with Crippen molar-refractivity contribution in [2.45, 2.75) is 20.3 Å². The van der Waals surface area contributed by atoms with E-state index in [2.05, 4.69) is 17.0 Å². The van der Waals surface area contributed by atoms with Gasteiger partial charge in [-0.3, -0.25) is 0 Å². The number of carbonyl (C=O) groups is 1. The third-order valence-electron chi connectivity index (χ3n) is 1.28. The summed E-state index contributed by atoms with van der Waals surface area (Å²) in [6, 6.07) is 0. The largest absolute Gasteiger partial charge is 0.465 e. The van der Waals surface area contributed by atoms with Gasteiger partial charge in [-0.2, -0.15) is 0 Å². The molecule has 2 heteroatoms. The van der Waals surface area contributed by atoms with Gasteiger partial charge >= 0.3 is 5.97 Å². The maximum Gasteiger partial charge on any atom is 0.341 e. The van der Waals surface area contributed by atoms with Gasteiger partial charge in [0.05, 0.1) is 12.7 Å². The second-order valence-corrected chi connectivity index (χ2v) is 2.46. The average Bonchev–Trinajstić information content (AvgIpc) is 2.04. The van der Waals surface area contributed by atoms with Gasteiger partial charge in [-0.05, 0) is 19.4 Å². The molecule has 0 aromatic rings. The highest BCUT2D eigenvalue weighted by Crippen LogP contribution is 2.01. The Morgan fingerprint density at radius 3 is 2.58 bits per heavy atom. The second-order valence-electron chi connectivity index (χ2n) is 2.46. The van der Waals surface area contributed by atoms with Gasteiger partial charge in [0.2, 0.25) is 0 Å². The molecule has 0 saturated carbocycles. The molecule has 0 bridgehead atoms. The molecular weight excluding hydrogens is 152 g/mol. The van der Waals surface area contributed by atoms with Crippen LogP contribution in [0.2, 0.25) is 0 Å². The van der Waals surface area contributed by atoms with Gasteiger partial charge in [-0.15, -0.1) is 5.73 Å². The minimum atomic E-state index is -0.324. The number of hydrogen-bond acceptors (Lipinski definition) is 2. The maximum atomic E-state index is 11.0. The smallest absolute Gasteiger partial charge is 0.341 e. The summed E-state index contributed by atoms with van der Waals surface area (Å²) in [5.74, 6) is -0.324. The lowest BCUT2D eigenvalue weighted by Crippen LogP contribution is -2.02. The lowest BCUT2D eigenvalue weighted by Gasteiger charge is -1.96. The molecule has 66 valence electrons. The van der Waals surface area contributed by atoms with Crippen LogP contribution in [0.25, 0.3) is 0 Å². The van der Waals surface area contributed by atoms with Crippen LogP contribution in [0.15, 0.2) is 29.5 Å². The number of allylic oxidation sites excluding steroid dienone is 1. The molecule has 0 saturated heterocycles. The van der Waals surface area contributed by atoms with E-state index in [0.29, 0.717) is 12.0 Å². The number of esters is 1. The van der Waals surface area contributed by atoms with E-state index in [-0.39, 0.29) is 5.97 Å². The Kier molecular flexibility index (Phi) is 4.82. The van der Waals surface area contributed by atoms with Crippen LogP contribution in [-0.4, -0.2) is 13.1 Å². The Balaban J connectivity index is 4.65. The molecule has 0 spiro atoms. The highest BCUT2D eigenvalue weighted by Gasteiger charge is 2.04. The first-order chi connectivity index (χ1) is 5.61. The van der Waals surface area contributed by atoms with Crippen molar-refractivity contribution in [3.05, 3.63) is 29.5 Å². The zero-order valence-corrected chi connectivity index (χ0v) is 7.81. The molecule has 0 aliphatic rings. The van der Waals surface area contributed by atoms with Crippen LogP contribution in [0.3, 0.4) is 0 Å². The number of ether oxygens (including phenoxy) is 1. The molecule has 0 unspecified atom stereocenters. The fourth-order valence-electron chi connectivity index (χ4n) is 0.639. The Morgan fingerprint density at radius 2 is 2.25 bits per heavy atom. The Hall–Kier alpha value is -1.27. The van der Waals surface area contributed by atoms with E-state index in [4.69, 9.17) is 0 Å². The van der Waals surface area contributed by atoms with E-state index >= 15 is 0 Å². The highest BCUT2D eigenvalue weighted by molar-refractivity contribution is 5.87. The average molecular weight is 166 g/mol. The van der Waals surface area contributed by atoms with Gasteiger partial charge in [0.25, 0.3) is 0 Å². The second kappa shape index (κ2) is 5.39. The van der Waals surface area contributed by atoms with Crippen molar-refractivity contribution in [1.29, 1.82) is 0 Å². The van der Waals surface area contributed by atoms with Crippen molar-refractivity contribution < 1.29 is 9.53 Å². The third-order valence-corrected chi connectivity index (χ3v) is 1.28. The summed E-state index contributed by atoms with van der Waals surface area (Å²) in [6.45, 7) is 7.39. The monoisotopic (exact) mass is 166 g/mol. The maximum absolute atomic E-state index is 11.0. The molecule has 0 fully saturated rings. The van der Waals surface area contributed by atoms with Crippen LogP contribution in [0.1, 0.15) is 20.3 Å². The van der Waals surface area contributed by atoms with E-state index in [1.54, 1.807) is 6.08 Å². The Morgan fingerprint density at radius 1 is 1.67 bits per heavy atom. The summed E-state index contributed by atoms with van der Waals surface area (Å²) in [5.41, 5.74) is 4.24. The van der Waals surface area contributed by atoms with E-state index < -0.39 is 0 Å². The van der Waals surface area contributed by atoms with E-state index in [1.165, 1.54) is 7.11 Å². The fraction of sp³-hybridized carbons (Fsp3) is 0.400. The topological polar surface area (TPSA) is 26.3 Å². The lowest BCUT2D eigenvalue weighted by molar-refractivity contribution is -0.136.